The van der Waals surface area contributed by atoms with Crippen LogP contribution in [0.1, 0.15) is 32.8 Å². The third-order valence-electron chi connectivity index (χ3n) is 6.92. The van der Waals surface area contributed by atoms with Crippen molar-refractivity contribution >= 4 is 23.6 Å². The van der Waals surface area contributed by atoms with Gasteiger partial charge in [0, 0.05) is 31.7 Å². The summed E-state index contributed by atoms with van der Waals surface area (Å²) in [5, 5.41) is 24.2. The summed E-state index contributed by atoms with van der Waals surface area (Å²) in [7, 11) is 0. The number of nitrogens with two attached hydrogens (primary N) is 1. The molecule has 2 aliphatic heterocycles. The molecule has 3 rings (SSSR count). The zero-order valence-electron chi connectivity index (χ0n) is 20.5. The van der Waals surface area contributed by atoms with E-state index >= 15 is 0 Å². The average Bonchev–Trinajstić information content (AvgIpc) is 2.82. The first-order chi connectivity index (χ1) is 16.6. The molecule has 0 radical (unpaired) electrons. The normalized spacial score (nSPS) is 20.3. The Hall–Kier alpha value is -3.18. The molecule has 2 heterocycles. The Morgan fingerprint density at radius 2 is 1.74 bits per heavy atom. The lowest BCUT2D eigenvalue weighted by molar-refractivity contribution is -0.177. The van der Waals surface area contributed by atoms with Crippen LogP contribution in [0.4, 0.5) is 0 Å². The molecule has 11 nitrogen and oxygen atoms in total. The molecule has 0 spiro atoms. The molecule has 2 aliphatic rings. The molecule has 1 aromatic carbocycles. The summed E-state index contributed by atoms with van der Waals surface area (Å²) in [6.45, 7) is 7.24. The SMILES string of the molecule is CCC(Oc1ccc(C(=N)N)cc1)C(C(C)C)(C(C(=O)O)N1CCNCC1=O)N1CCNCC1=O. The van der Waals surface area contributed by atoms with Crippen molar-refractivity contribution in [2.45, 2.75) is 44.9 Å². The van der Waals surface area contributed by atoms with Crippen LogP contribution in [0.25, 0.3) is 0 Å². The summed E-state index contributed by atoms with van der Waals surface area (Å²) in [6, 6.07) is 5.37. The molecule has 192 valence electrons. The van der Waals surface area contributed by atoms with E-state index in [1.807, 2.05) is 20.8 Å². The first kappa shape index (κ1) is 26.4. The van der Waals surface area contributed by atoms with E-state index in [0.717, 1.165) is 0 Å². The number of carboxylic acids is 1. The third-order valence-corrected chi connectivity index (χ3v) is 6.92. The van der Waals surface area contributed by atoms with Crippen LogP contribution in [-0.2, 0) is 14.4 Å². The number of nitrogens with one attached hydrogen (secondary N) is 3. The van der Waals surface area contributed by atoms with E-state index in [9.17, 15) is 19.5 Å². The van der Waals surface area contributed by atoms with Gasteiger partial charge in [-0.2, -0.15) is 0 Å². The topological polar surface area (TPSA) is 161 Å². The third kappa shape index (κ3) is 5.10. The molecule has 11 heteroatoms. The molecule has 2 amide bonds. The maximum absolute atomic E-state index is 13.3. The second-order valence-electron chi connectivity index (χ2n) is 9.22. The summed E-state index contributed by atoms with van der Waals surface area (Å²) in [5.74, 6) is -1.70. The first-order valence-corrected chi connectivity index (χ1v) is 12.0. The smallest absolute Gasteiger partial charge is 0.329 e. The van der Waals surface area contributed by atoms with Gasteiger partial charge in [-0.05, 0) is 36.6 Å². The van der Waals surface area contributed by atoms with Crippen LogP contribution in [0, 0.1) is 11.3 Å². The largest absolute Gasteiger partial charge is 0.488 e. The van der Waals surface area contributed by atoms with E-state index < -0.39 is 23.7 Å². The fraction of sp³-hybridized carbons (Fsp3) is 0.583. The maximum atomic E-state index is 13.3. The van der Waals surface area contributed by atoms with Gasteiger partial charge in [0.2, 0.25) is 11.8 Å². The van der Waals surface area contributed by atoms with Gasteiger partial charge in [-0.3, -0.25) is 15.0 Å². The number of nitrogens with zero attached hydrogens (tertiary/aromatic N) is 2. The zero-order chi connectivity index (χ0) is 25.8. The molecule has 35 heavy (non-hydrogen) atoms. The standard InChI is InChI=1S/C24H36N6O5/c1-4-18(35-17-7-5-16(6-8-17)22(25)26)24(15(2)3,30-12-10-28-14-20(30)32)21(23(33)34)29-11-9-27-13-19(29)31/h5-8,15,18,21,27-28H,4,9-14H2,1-3H3,(H3,25,26)(H,33,34). The second-order valence-corrected chi connectivity index (χ2v) is 9.22. The minimum Gasteiger partial charge on any atom is -0.488 e. The number of carboxylic acid groups (broad SMARTS) is 1. The monoisotopic (exact) mass is 488 g/mol. The molecular formula is C24H36N6O5. The van der Waals surface area contributed by atoms with Crippen molar-refractivity contribution in [1.82, 2.24) is 20.4 Å². The van der Waals surface area contributed by atoms with Gasteiger partial charge in [0.15, 0.2) is 6.04 Å². The quantitative estimate of drug-likeness (QED) is 0.224. The lowest BCUT2D eigenvalue weighted by atomic mass is 9.71. The van der Waals surface area contributed by atoms with E-state index in [4.69, 9.17) is 15.9 Å². The van der Waals surface area contributed by atoms with Gasteiger partial charge in [-0.1, -0.05) is 20.8 Å². The molecule has 6 N–H and O–H groups in total. The Labute approximate surface area is 205 Å². The highest BCUT2D eigenvalue weighted by Crippen LogP contribution is 2.40. The van der Waals surface area contributed by atoms with Gasteiger partial charge >= 0.3 is 5.97 Å². The predicted molar refractivity (Wildman–Crippen MR) is 130 cm³/mol. The molecule has 3 unspecified atom stereocenters. The van der Waals surface area contributed by atoms with Crippen molar-refractivity contribution in [3.8, 4) is 5.75 Å². The number of nitrogen functional groups attached to an aromatic ring is 1. The van der Waals surface area contributed by atoms with Crippen molar-refractivity contribution in [2.75, 3.05) is 39.3 Å². The lowest BCUT2D eigenvalue weighted by Gasteiger charge is -2.57. The molecule has 0 bridgehead atoms. The Balaban J connectivity index is 2.17. The van der Waals surface area contributed by atoms with Crippen LogP contribution in [0.3, 0.4) is 0 Å². The van der Waals surface area contributed by atoms with Crippen molar-refractivity contribution in [3.05, 3.63) is 29.8 Å². The number of rotatable bonds is 10. The zero-order valence-corrected chi connectivity index (χ0v) is 20.5. The first-order valence-electron chi connectivity index (χ1n) is 12.0. The van der Waals surface area contributed by atoms with Crippen molar-refractivity contribution < 1.29 is 24.2 Å². The van der Waals surface area contributed by atoms with Crippen molar-refractivity contribution in [2.24, 2.45) is 11.7 Å². The maximum Gasteiger partial charge on any atom is 0.329 e. The molecule has 3 atom stereocenters. The summed E-state index contributed by atoms with van der Waals surface area (Å²) < 4.78 is 6.44. The van der Waals surface area contributed by atoms with Crippen LogP contribution in [0.5, 0.6) is 5.75 Å². The Morgan fingerprint density at radius 3 is 2.23 bits per heavy atom. The Kier molecular flexibility index (Phi) is 8.34. The van der Waals surface area contributed by atoms with Gasteiger partial charge < -0.3 is 36.0 Å². The van der Waals surface area contributed by atoms with Gasteiger partial charge in [0.1, 0.15) is 23.2 Å². The van der Waals surface area contributed by atoms with Gasteiger partial charge in [0.25, 0.3) is 0 Å². The number of aliphatic carboxylic acids is 1. The number of carbonyl (C=O) groups is 3. The summed E-state index contributed by atoms with van der Waals surface area (Å²) in [5.41, 5.74) is 4.76. The summed E-state index contributed by atoms with van der Waals surface area (Å²) in [6.07, 6.45) is -0.343. The minimum atomic E-state index is -1.34. The van der Waals surface area contributed by atoms with Gasteiger partial charge in [-0.15, -0.1) is 0 Å². The van der Waals surface area contributed by atoms with E-state index in [1.54, 1.807) is 29.2 Å². The van der Waals surface area contributed by atoms with Gasteiger partial charge in [-0.25, -0.2) is 4.79 Å². The van der Waals surface area contributed by atoms with Crippen molar-refractivity contribution in [3.63, 3.8) is 0 Å². The molecular weight excluding hydrogens is 452 g/mol. The minimum absolute atomic E-state index is 0.0393. The predicted octanol–water partition coefficient (Wildman–Crippen LogP) is -0.160. The van der Waals surface area contributed by atoms with E-state index in [1.165, 1.54) is 4.90 Å². The Bertz CT molecular complexity index is 952. The van der Waals surface area contributed by atoms with Crippen LogP contribution in [-0.4, -0.2) is 95.5 Å². The fourth-order valence-corrected chi connectivity index (χ4v) is 5.37. The number of hydrogen-bond donors (Lipinski definition) is 5. The molecule has 0 aromatic heterocycles. The molecule has 0 aliphatic carbocycles. The molecule has 0 saturated carbocycles. The van der Waals surface area contributed by atoms with Crippen LogP contribution in [0.15, 0.2) is 24.3 Å². The summed E-state index contributed by atoms with van der Waals surface area (Å²) >= 11 is 0. The number of benzene rings is 1. The lowest BCUT2D eigenvalue weighted by Crippen LogP contribution is -2.78. The van der Waals surface area contributed by atoms with E-state index in [2.05, 4.69) is 10.6 Å². The Morgan fingerprint density at radius 1 is 1.14 bits per heavy atom. The number of hydrogen-bond acceptors (Lipinski definition) is 7. The molecule has 2 saturated heterocycles. The average molecular weight is 489 g/mol. The van der Waals surface area contributed by atoms with E-state index in [-0.39, 0.29) is 43.2 Å². The van der Waals surface area contributed by atoms with Crippen molar-refractivity contribution in [1.29, 1.82) is 5.41 Å². The highest BCUT2D eigenvalue weighted by atomic mass is 16.5. The van der Waals surface area contributed by atoms with Crippen LogP contribution in [0.2, 0.25) is 0 Å². The summed E-state index contributed by atoms with van der Waals surface area (Å²) in [4.78, 5) is 42.2. The highest BCUT2D eigenvalue weighted by molar-refractivity contribution is 5.95. The van der Waals surface area contributed by atoms with Crippen LogP contribution >= 0.6 is 0 Å². The number of piperazine rings is 2. The second kappa shape index (κ2) is 11.0. The number of ether oxygens (including phenoxy) is 1. The molecule has 1 aromatic rings. The number of carbonyl (C=O) groups excluding carboxylic acids is 2. The van der Waals surface area contributed by atoms with E-state index in [0.29, 0.717) is 37.4 Å². The number of amides is 2. The van der Waals surface area contributed by atoms with Gasteiger partial charge in [0.05, 0.1) is 13.1 Å². The highest BCUT2D eigenvalue weighted by Gasteiger charge is 2.60. The van der Waals surface area contributed by atoms with Crippen LogP contribution < -0.4 is 21.1 Å². The fourth-order valence-electron chi connectivity index (χ4n) is 5.37. The molecule has 2 fully saturated rings. The number of amidine groups is 1.